The van der Waals surface area contributed by atoms with Crippen molar-refractivity contribution in [1.29, 1.82) is 0 Å². The van der Waals surface area contributed by atoms with E-state index in [9.17, 15) is 13.6 Å². The van der Waals surface area contributed by atoms with Gasteiger partial charge in [0.05, 0.1) is 18.6 Å². The maximum absolute atomic E-state index is 13.5. The molecule has 3 aromatic rings. The van der Waals surface area contributed by atoms with Crippen LogP contribution in [0.1, 0.15) is 0 Å². The molecule has 0 saturated heterocycles. The average molecular weight is 408 g/mol. The van der Waals surface area contributed by atoms with E-state index in [1.807, 2.05) is 24.3 Å². The van der Waals surface area contributed by atoms with Crippen LogP contribution in [0.4, 0.5) is 25.3 Å². The van der Waals surface area contributed by atoms with Gasteiger partial charge in [0, 0.05) is 11.8 Å². The number of benzene rings is 2. The van der Waals surface area contributed by atoms with Crippen molar-refractivity contribution in [3.05, 3.63) is 54.1 Å². The minimum absolute atomic E-state index is 0.00682. The second-order valence-electron chi connectivity index (χ2n) is 5.19. The maximum Gasteiger partial charge on any atom is 0.234 e. The molecular formula is C17H14F2N4O2S2. The van der Waals surface area contributed by atoms with Crippen LogP contribution < -0.4 is 15.4 Å². The summed E-state index contributed by atoms with van der Waals surface area (Å²) in [5.41, 5.74) is 0.627. The minimum Gasteiger partial charge on any atom is -0.497 e. The fourth-order valence-electron chi connectivity index (χ4n) is 2.02. The summed E-state index contributed by atoms with van der Waals surface area (Å²) >= 11 is 2.43. The second kappa shape index (κ2) is 8.78. The molecule has 3 rings (SSSR count). The van der Waals surface area contributed by atoms with Gasteiger partial charge in [0.15, 0.2) is 4.34 Å². The van der Waals surface area contributed by atoms with E-state index in [0.29, 0.717) is 9.47 Å². The first kappa shape index (κ1) is 19.1. The molecule has 0 unspecified atom stereocenters. The Balaban J connectivity index is 1.52. The SMILES string of the molecule is COc1ccc(Nc2nnc(SCC(=O)Nc3cc(F)ccc3F)s2)cc1. The number of halogens is 2. The molecule has 1 aromatic heterocycles. The number of amides is 1. The van der Waals surface area contributed by atoms with Crippen LogP contribution in [-0.2, 0) is 4.79 Å². The number of thioether (sulfide) groups is 1. The Kier molecular flexibility index (Phi) is 6.20. The molecule has 1 heterocycles. The van der Waals surface area contributed by atoms with Gasteiger partial charge in [0.1, 0.15) is 17.4 Å². The van der Waals surface area contributed by atoms with Crippen LogP contribution >= 0.6 is 23.1 Å². The summed E-state index contributed by atoms with van der Waals surface area (Å²) in [6.45, 7) is 0. The van der Waals surface area contributed by atoms with E-state index < -0.39 is 17.5 Å². The molecular weight excluding hydrogens is 394 g/mol. The largest absolute Gasteiger partial charge is 0.497 e. The lowest BCUT2D eigenvalue weighted by Crippen LogP contribution is -2.15. The minimum atomic E-state index is -0.698. The summed E-state index contributed by atoms with van der Waals surface area (Å²) in [5, 5.41) is 14.0. The zero-order chi connectivity index (χ0) is 19.2. The molecule has 0 aliphatic rings. The molecule has 27 heavy (non-hydrogen) atoms. The van der Waals surface area contributed by atoms with Gasteiger partial charge in [0.25, 0.3) is 0 Å². The third-order valence-corrected chi connectivity index (χ3v) is 5.25. The molecule has 2 aromatic carbocycles. The standard InChI is InChI=1S/C17H14F2N4O2S2/c1-25-12-5-3-11(4-6-12)20-16-22-23-17(27-16)26-9-15(24)21-14-8-10(18)2-7-13(14)19/h2-8H,9H2,1H3,(H,20,22)(H,21,24). The van der Waals surface area contributed by atoms with Gasteiger partial charge in [-0.2, -0.15) is 0 Å². The van der Waals surface area contributed by atoms with Crippen LogP contribution in [0.15, 0.2) is 46.8 Å². The number of nitrogens with one attached hydrogen (secondary N) is 2. The van der Waals surface area contributed by atoms with Crippen LogP contribution in [0, 0.1) is 11.6 Å². The van der Waals surface area contributed by atoms with E-state index in [2.05, 4.69) is 20.8 Å². The zero-order valence-electron chi connectivity index (χ0n) is 14.0. The Morgan fingerprint density at radius 3 is 2.70 bits per heavy atom. The quantitative estimate of drug-likeness (QED) is 0.568. The van der Waals surface area contributed by atoms with Gasteiger partial charge < -0.3 is 15.4 Å². The molecule has 140 valence electrons. The van der Waals surface area contributed by atoms with E-state index >= 15 is 0 Å². The Bertz CT molecular complexity index is 935. The molecule has 6 nitrogen and oxygen atoms in total. The summed E-state index contributed by atoms with van der Waals surface area (Å²) < 4.78 is 32.3. The van der Waals surface area contributed by atoms with Crippen molar-refractivity contribution < 1.29 is 18.3 Å². The average Bonchev–Trinajstić information content (AvgIpc) is 3.11. The van der Waals surface area contributed by atoms with Crippen LogP contribution in [0.3, 0.4) is 0 Å². The molecule has 10 heteroatoms. The number of aromatic nitrogens is 2. The van der Waals surface area contributed by atoms with Crippen molar-refractivity contribution in [2.24, 2.45) is 0 Å². The second-order valence-corrected chi connectivity index (χ2v) is 7.39. The number of anilines is 3. The molecule has 0 atom stereocenters. The smallest absolute Gasteiger partial charge is 0.234 e. The highest BCUT2D eigenvalue weighted by molar-refractivity contribution is 8.01. The number of hydrogen-bond donors (Lipinski definition) is 2. The van der Waals surface area contributed by atoms with Crippen molar-refractivity contribution in [3.8, 4) is 5.75 Å². The van der Waals surface area contributed by atoms with Gasteiger partial charge in [-0.15, -0.1) is 10.2 Å². The molecule has 0 bridgehead atoms. The first-order valence-corrected chi connectivity index (χ1v) is 9.46. The van der Waals surface area contributed by atoms with E-state index in [0.717, 1.165) is 41.4 Å². The first-order valence-electron chi connectivity index (χ1n) is 7.66. The van der Waals surface area contributed by atoms with Crippen molar-refractivity contribution in [1.82, 2.24) is 10.2 Å². The van der Waals surface area contributed by atoms with Crippen LogP contribution in [0.25, 0.3) is 0 Å². The lowest BCUT2D eigenvalue weighted by atomic mass is 10.3. The highest BCUT2D eigenvalue weighted by atomic mass is 32.2. The predicted molar refractivity (Wildman–Crippen MR) is 102 cm³/mol. The summed E-state index contributed by atoms with van der Waals surface area (Å²) in [4.78, 5) is 11.9. The van der Waals surface area contributed by atoms with Crippen molar-refractivity contribution in [2.45, 2.75) is 4.34 Å². The fourth-order valence-corrected chi connectivity index (χ4v) is 3.60. The van der Waals surface area contributed by atoms with Gasteiger partial charge >= 0.3 is 0 Å². The Labute approximate surface area is 162 Å². The molecule has 0 spiro atoms. The zero-order valence-corrected chi connectivity index (χ0v) is 15.7. The molecule has 0 fully saturated rings. The third-order valence-electron chi connectivity index (χ3n) is 3.28. The van der Waals surface area contributed by atoms with Gasteiger partial charge in [-0.05, 0) is 36.4 Å². The van der Waals surface area contributed by atoms with Gasteiger partial charge in [-0.1, -0.05) is 23.1 Å². The highest BCUT2D eigenvalue weighted by Crippen LogP contribution is 2.28. The number of nitrogens with zero attached hydrogens (tertiary/aromatic N) is 2. The molecule has 0 radical (unpaired) electrons. The lowest BCUT2D eigenvalue weighted by Gasteiger charge is -2.05. The topological polar surface area (TPSA) is 76.1 Å². The van der Waals surface area contributed by atoms with Crippen LogP contribution in [-0.4, -0.2) is 29.0 Å². The monoisotopic (exact) mass is 408 g/mol. The molecule has 0 saturated carbocycles. The van der Waals surface area contributed by atoms with Gasteiger partial charge in [-0.25, -0.2) is 8.78 Å². The number of rotatable bonds is 7. The maximum atomic E-state index is 13.5. The molecule has 2 N–H and O–H groups in total. The van der Waals surface area contributed by atoms with Crippen molar-refractivity contribution in [2.75, 3.05) is 23.5 Å². The van der Waals surface area contributed by atoms with Crippen LogP contribution in [0.2, 0.25) is 0 Å². The summed E-state index contributed by atoms with van der Waals surface area (Å²) in [5.74, 6) is -1.05. The normalized spacial score (nSPS) is 10.5. The Morgan fingerprint density at radius 1 is 1.19 bits per heavy atom. The number of hydrogen-bond acceptors (Lipinski definition) is 7. The first-order chi connectivity index (χ1) is 13.0. The summed E-state index contributed by atoms with van der Waals surface area (Å²) in [6, 6.07) is 10.2. The van der Waals surface area contributed by atoms with E-state index in [1.54, 1.807) is 7.11 Å². The number of ether oxygens (including phenoxy) is 1. The van der Waals surface area contributed by atoms with E-state index in [-0.39, 0.29) is 11.4 Å². The Morgan fingerprint density at radius 2 is 1.96 bits per heavy atom. The van der Waals surface area contributed by atoms with Gasteiger partial charge in [-0.3, -0.25) is 4.79 Å². The predicted octanol–water partition coefficient (Wildman–Crippen LogP) is 4.30. The molecule has 0 aliphatic heterocycles. The van der Waals surface area contributed by atoms with E-state index in [4.69, 9.17) is 4.74 Å². The number of carbonyl (C=O) groups excluding carboxylic acids is 1. The third kappa shape index (κ3) is 5.38. The molecule has 0 aliphatic carbocycles. The number of carbonyl (C=O) groups is 1. The Hall–Kier alpha value is -2.72. The van der Waals surface area contributed by atoms with Crippen molar-refractivity contribution >= 4 is 45.5 Å². The lowest BCUT2D eigenvalue weighted by molar-refractivity contribution is -0.113. The summed E-state index contributed by atoms with van der Waals surface area (Å²) in [7, 11) is 1.59. The molecule has 1 amide bonds. The van der Waals surface area contributed by atoms with E-state index in [1.165, 1.54) is 11.3 Å². The summed E-state index contributed by atoms with van der Waals surface area (Å²) in [6.07, 6.45) is 0. The van der Waals surface area contributed by atoms with Crippen LogP contribution in [0.5, 0.6) is 5.75 Å². The highest BCUT2D eigenvalue weighted by Gasteiger charge is 2.11. The van der Waals surface area contributed by atoms with Crippen molar-refractivity contribution in [3.63, 3.8) is 0 Å². The fraction of sp³-hybridized carbons (Fsp3) is 0.118. The number of methoxy groups -OCH3 is 1. The van der Waals surface area contributed by atoms with Gasteiger partial charge in [0.2, 0.25) is 11.0 Å².